The fourth-order valence-electron chi connectivity index (χ4n) is 4.15. The van der Waals surface area contributed by atoms with Gasteiger partial charge in [0, 0.05) is 12.0 Å². The van der Waals surface area contributed by atoms with Gasteiger partial charge in [0.1, 0.15) is 11.4 Å². The maximum Gasteiger partial charge on any atom is 0.271 e. The van der Waals surface area contributed by atoms with E-state index in [0.717, 1.165) is 36.4 Å². The fraction of sp³-hybridized carbons (Fsp3) is 0.409. The van der Waals surface area contributed by atoms with Gasteiger partial charge in [-0.15, -0.1) is 0 Å². The van der Waals surface area contributed by atoms with Crippen molar-refractivity contribution in [2.75, 3.05) is 24.6 Å². The van der Waals surface area contributed by atoms with Gasteiger partial charge in [-0.1, -0.05) is 18.2 Å². The summed E-state index contributed by atoms with van der Waals surface area (Å²) in [5, 5.41) is 11.8. The Labute approximate surface area is 155 Å². The van der Waals surface area contributed by atoms with Crippen LogP contribution in [0.1, 0.15) is 38.2 Å². The highest BCUT2D eigenvalue weighted by Crippen LogP contribution is 2.35. The number of aliphatic hydroxyl groups is 1. The zero-order chi connectivity index (χ0) is 18.0. The minimum atomic E-state index is -1.000. The molecule has 2 heterocycles. The van der Waals surface area contributed by atoms with E-state index < -0.39 is 5.72 Å². The molecule has 136 valence electrons. The Morgan fingerprint density at radius 2 is 1.81 bits per heavy atom. The number of benzene rings is 2. The van der Waals surface area contributed by atoms with Gasteiger partial charge in [0.15, 0.2) is 6.54 Å². The van der Waals surface area contributed by atoms with Crippen LogP contribution in [0.3, 0.4) is 0 Å². The molecule has 0 aromatic heterocycles. The fourth-order valence-corrected chi connectivity index (χ4v) is 4.15. The molecular weight excluding hydrogens is 324 g/mol. The maximum atomic E-state index is 11.8. The summed E-state index contributed by atoms with van der Waals surface area (Å²) in [7, 11) is 0. The SMILES string of the molecule is CCOc1ccc([C@]2(O)CN(c3ccccc3)C3=[N+]2CCCCC3)cc1. The van der Waals surface area contributed by atoms with Crippen LogP contribution in [0.25, 0.3) is 0 Å². The molecular formula is C22H27N2O2+. The number of ether oxygens (including phenoxy) is 1. The number of rotatable bonds is 4. The van der Waals surface area contributed by atoms with Crippen LogP contribution in [0.2, 0.25) is 0 Å². The molecule has 26 heavy (non-hydrogen) atoms. The predicted molar refractivity (Wildman–Crippen MR) is 104 cm³/mol. The van der Waals surface area contributed by atoms with E-state index in [1.807, 2.05) is 37.3 Å². The molecule has 0 amide bonds. The Morgan fingerprint density at radius 1 is 1.04 bits per heavy atom. The van der Waals surface area contributed by atoms with Crippen LogP contribution in [0.4, 0.5) is 5.69 Å². The van der Waals surface area contributed by atoms with Gasteiger partial charge in [-0.05, 0) is 62.6 Å². The number of hydrogen-bond donors (Lipinski definition) is 1. The predicted octanol–water partition coefficient (Wildman–Crippen LogP) is 3.74. The minimum Gasteiger partial charge on any atom is -0.494 e. The van der Waals surface area contributed by atoms with Gasteiger partial charge < -0.3 is 9.84 Å². The van der Waals surface area contributed by atoms with Crippen LogP contribution in [-0.4, -0.2) is 35.2 Å². The van der Waals surface area contributed by atoms with Crippen molar-refractivity contribution in [3.8, 4) is 5.75 Å². The third-order valence-corrected chi connectivity index (χ3v) is 5.43. The first-order valence-electron chi connectivity index (χ1n) is 9.64. The largest absolute Gasteiger partial charge is 0.494 e. The highest BCUT2D eigenvalue weighted by molar-refractivity contribution is 5.95. The molecule has 1 N–H and O–H groups in total. The molecule has 2 aromatic carbocycles. The average molecular weight is 351 g/mol. The van der Waals surface area contributed by atoms with Crippen LogP contribution in [-0.2, 0) is 5.72 Å². The topological polar surface area (TPSA) is 35.7 Å². The molecule has 0 saturated heterocycles. The molecule has 2 aromatic rings. The highest BCUT2D eigenvalue weighted by Gasteiger charge is 2.51. The van der Waals surface area contributed by atoms with Crippen molar-refractivity contribution in [2.24, 2.45) is 0 Å². The number of para-hydroxylation sites is 1. The summed E-state index contributed by atoms with van der Waals surface area (Å²) in [6, 6.07) is 18.3. The summed E-state index contributed by atoms with van der Waals surface area (Å²) in [4.78, 5) is 2.29. The summed E-state index contributed by atoms with van der Waals surface area (Å²) in [5.74, 6) is 2.09. The second-order valence-electron chi connectivity index (χ2n) is 7.07. The lowest BCUT2D eigenvalue weighted by molar-refractivity contribution is -0.658. The summed E-state index contributed by atoms with van der Waals surface area (Å²) in [6.07, 6.45) is 4.51. The van der Waals surface area contributed by atoms with Crippen molar-refractivity contribution in [3.63, 3.8) is 0 Å². The van der Waals surface area contributed by atoms with Gasteiger partial charge in [-0.2, -0.15) is 0 Å². The van der Waals surface area contributed by atoms with Crippen LogP contribution >= 0.6 is 0 Å². The molecule has 0 bridgehead atoms. The van der Waals surface area contributed by atoms with Crippen molar-refractivity contribution < 1.29 is 14.4 Å². The molecule has 0 unspecified atom stereocenters. The third kappa shape index (κ3) is 2.99. The van der Waals surface area contributed by atoms with Crippen LogP contribution < -0.4 is 9.64 Å². The Balaban J connectivity index is 1.74. The normalized spacial score (nSPS) is 22.9. The number of amidine groups is 1. The number of hydrogen-bond acceptors (Lipinski definition) is 3. The molecule has 4 nitrogen and oxygen atoms in total. The third-order valence-electron chi connectivity index (χ3n) is 5.43. The second-order valence-corrected chi connectivity index (χ2v) is 7.07. The van der Waals surface area contributed by atoms with Gasteiger partial charge in [-0.25, -0.2) is 9.48 Å². The summed E-state index contributed by atoms with van der Waals surface area (Å²) in [5.41, 5.74) is 1.08. The first-order chi connectivity index (χ1) is 12.7. The molecule has 0 aliphatic carbocycles. The monoisotopic (exact) mass is 351 g/mol. The quantitative estimate of drug-likeness (QED) is 0.853. The smallest absolute Gasteiger partial charge is 0.271 e. The first-order valence-corrected chi connectivity index (χ1v) is 9.64. The van der Waals surface area contributed by atoms with E-state index in [4.69, 9.17) is 4.74 Å². The number of β-amino-alcohol motifs (C(OH)–C–C–N with tert-alkyl or cyclic N) is 1. The molecule has 4 heteroatoms. The van der Waals surface area contributed by atoms with Gasteiger partial charge in [0.2, 0.25) is 0 Å². The zero-order valence-electron chi connectivity index (χ0n) is 15.4. The first kappa shape index (κ1) is 17.1. The number of anilines is 1. The van der Waals surface area contributed by atoms with Crippen LogP contribution in [0.15, 0.2) is 54.6 Å². The van der Waals surface area contributed by atoms with E-state index in [2.05, 4.69) is 33.7 Å². The van der Waals surface area contributed by atoms with E-state index in [9.17, 15) is 5.11 Å². The summed E-state index contributed by atoms with van der Waals surface area (Å²) in [6.45, 7) is 4.08. The Morgan fingerprint density at radius 3 is 2.54 bits per heavy atom. The lowest BCUT2D eigenvalue weighted by Crippen LogP contribution is -2.41. The van der Waals surface area contributed by atoms with E-state index in [0.29, 0.717) is 13.2 Å². The molecule has 4 rings (SSSR count). The standard InChI is InChI=1S/C22H27N2O2/c1-2-26-20-14-12-18(13-15-20)22(25)17-23(19-9-5-3-6-10-19)21-11-7-4-8-16-24(21)22/h3,5-6,9-10,12-15,25H,2,4,7-8,11,16-17H2,1H3/q+1/t22-/m1/s1. The van der Waals surface area contributed by atoms with Crippen molar-refractivity contribution in [3.05, 3.63) is 60.2 Å². The summed E-state index contributed by atoms with van der Waals surface area (Å²) >= 11 is 0. The lowest BCUT2D eigenvalue weighted by Gasteiger charge is -2.23. The second kappa shape index (κ2) is 7.12. The van der Waals surface area contributed by atoms with E-state index in [1.54, 1.807) is 0 Å². The summed E-state index contributed by atoms with van der Waals surface area (Å²) < 4.78 is 7.79. The number of nitrogens with zero attached hydrogens (tertiary/aromatic N) is 2. The van der Waals surface area contributed by atoms with E-state index in [-0.39, 0.29) is 0 Å². The molecule has 0 radical (unpaired) electrons. The molecule has 2 aliphatic heterocycles. The highest BCUT2D eigenvalue weighted by atomic mass is 16.5. The van der Waals surface area contributed by atoms with Crippen LogP contribution in [0, 0.1) is 0 Å². The van der Waals surface area contributed by atoms with Gasteiger partial charge in [0.25, 0.3) is 11.6 Å². The van der Waals surface area contributed by atoms with Crippen LogP contribution in [0.5, 0.6) is 5.75 Å². The van der Waals surface area contributed by atoms with Gasteiger partial charge in [0.05, 0.1) is 13.2 Å². The van der Waals surface area contributed by atoms with E-state index in [1.165, 1.54) is 18.7 Å². The Kier molecular flexibility index (Phi) is 4.68. The van der Waals surface area contributed by atoms with E-state index >= 15 is 0 Å². The molecule has 0 saturated carbocycles. The zero-order valence-corrected chi connectivity index (χ0v) is 15.4. The van der Waals surface area contributed by atoms with Gasteiger partial charge >= 0.3 is 0 Å². The lowest BCUT2D eigenvalue weighted by atomic mass is 10.0. The Hall–Kier alpha value is -2.33. The maximum absolute atomic E-state index is 11.8. The van der Waals surface area contributed by atoms with Crippen molar-refractivity contribution in [1.29, 1.82) is 0 Å². The average Bonchev–Trinajstić information content (AvgIpc) is 2.83. The van der Waals surface area contributed by atoms with Crippen molar-refractivity contribution in [2.45, 2.75) is 38.3 Å². The van der Waals surface area contributed by atoms with Gasteiger partial charge in [-0.3, -0.25) is 0 Å². The molecule has 1 atom stereocenters. The molecule has 0 spiro atoms. The van der Waals surface area contributed by atoms with Crippen molar-refractivity contribution >= 4 is 11.5 Å². The van der Waals surface area contributed by atoms with Crippen molar-refractivity contribution in [1.82, 2.24) is 0 Å². The molecule has 0 fully saturated rings. The molecule has 2 aliphatic rings. The minimum absolute atomic E-state index is 0.556. The Bertz CT molecular complexity index is 786.